The summed E-state index contributed by atoms with van der Waals surface area (Å²) in [6, 6.07) is 13.6. The number of para-hydroxylation sites is 1. The van der Waals surface area contributed by atoms with Crippen molar-refractivity contribution in [1.29, 1.82) is 0 Å². The number of hydrogen-bond donors (Lipinski definition) is 2. The van der Waals surface area contributed by atoms with E-state index in [4.69, 9.17) is 23.8 Å². The number of anilines is 2. The number of nitrogens with one attached hydrogen (secondary N) is 2. The van der Waals surface area contributed by atoms with Crippen LogP contribution >= 0.6 is 39.7 Å². The molecule has 0 amide bonds. The summed E-state index contributed by atoms with van der Waals surface area (Å²) in [5.74, 6) is 0.315. The van der Waals surface area contributed by atoms with Crippen molar-refractivity contribution in [3.63, 3.8) is 0 Å². The van der Waals surface area contributed by atoms with E-state index >= 15 is 0 Å². The topological polar surface area (TPSA) is 41.9 Å². The fourth-order valence-corrected chi connectivity index (χ4v) is 2.97. The Morgan fingerprint density at radius 3 is 2.60 bits per heavy atom. The van der Waals surface area contributed by atoms with Gasteiger partial charge in [0.25, 0.3) is 0 Å². The number of thiocarbonyl (C=S) groups is 1. The van der Waals surface area contributed by atoms with Crippen LogP contribution in [0.3, 0.4) is 0 Å². The maximum absolute atomic E-state index is 13.0. The summed E-state index contributed by atoms with van der Waals surface area (Å²) in [5, 5.41) is 11.4. The van der Waals surface area contributed by atoms with E-state index in [0.29, 0.717) is 28.2 Å². The SMILES string of the molecule is Fc1ccc(Cn2cc(Br)c(NC(=S)Nc3ccccc3Cl)n2)cc1. The predicted octanol–water partition coefficient (Wildman–Crippen LogP) is 5.30. The molecule has 128 valence electrons. The minimum absolute atomic E-state index is 0.260. The molecule has 0 atom stereocenters. The third-order valence-electron chi connectivity index (χ3n) is 3.33. The van der Waals surface area contributed by atoms with Crippen LogP contribution in [0.1, 0.15) is 5.56 Å². The van der Waals surface area contributed by atoms with E-state index in [1.54, 1.807) is 22.9 Å². The van der Waals surface area contributed by atoms with Gasteiger partial charge in [-0.25, -0.2) is 4.39 Å². The zero-order valence-electron chi connectivity index (χ0n) is 12.8. The Labute approximate surface area is 163 Å². The fourth-order valence-electron chi connectivity index (χ4n) is 2.16. The summed E-state index contributed by atoms with van der Waals surface area (Å²) in [6.07, 6.45) is 1.82. The average molecular weight is 440 g/mol. The Morgan fingerprint density at radius 2 is 1.88 bits per heavy atom. The van der Waals surface area contributed by atoms with Gasteiger partial charge in [0.1, 0.15) is 5.82 Å². The van der Waals surface area contributed by atoms with Gasteiger partial charge < -0.3 is 10.6 Å². The molecule has 0 saturated heterocycles. The van der Waals surface area contributed by atoms with Gasteiger partial charge in [-0.15, -0.1) is 0 Å². The Bertz CT molecular complexity index is 898. The molecule has 0 unspecified atom stereocenters. The lowest BCUT2D eigenvalue weighted by atomic mass is 10.2. The Morgan fingerprint density at radius 1 is 1.16 bits per heavy atom. The molecule has 4 nitrogen and oxygen atoms in total. The molecule has 0 saturated carbocycles. The molecule has 0 aliphatic heterocycles. The summed E-state index contributed by atoms with van der Waals surface area (Å²) >= 11 is 14.9. The lowest BCUT2D eigenvalue weighted by Gasteiger charge is -2.10. The third kappa shape index (κ3) is 4.78. The lowest BCUT2D eigenvalue weighted by Crippen LogP contribution is -2.20. The Kier molecular flexibility index (Phi) is 5.67. The van der Waals surface area contributed by atoms with Crippen LogP contribution in [0.15, 0.2) is 59.2 Å². The van der Waals surface area contributed by atoms with Crippen molar-refractivity contribution in [1.82, 2.24) is 9.78 Å². The van der Waals surface area contributed by atoms with E-state index in [1.807, 2.05) is 24.4 Å². The van der Waals surface area contributed by atoms with Crippen molar-refractivity contribution in [2.24, 2.45) is 0 Å². The van der Waals surface area contributed by atoms with Gasteiger partial charge in [0, 0.05) is 6.20 Å². The fraction of sp³-hybridized carbons (Fsp3) is 0.0588. The first-order valence-electron chi connectivity index (χ1n) is 7.31. The van der Waals surface area contributed by atoms with Gasteiger partial charge in [-0.05, 0) is 58.0 Å². The highest BCUT2D eigenvalue weighted by molar-refractivity contribution is 9.10. The molecule has 0 fully saturated rings. The zero-order chi connectivity index (χ0) is 17.8. The second-order valence-electron chi connectivity index (χ2n) is 5.21. The summed E-state index contributed by atoms with van der Waals surface area (Å²) in [6.45, 7) is 0.519. The summed E-state index contributed by atoms with van der Waals surface area (Å²) in [4.78, 5) is 0. The maximum atomic E-state index is 13.0. The first-order chi connectivity index (χ1) is 12.0. The minimum Gasteiger partial charge on any atom is -0.331 e. The van der Waals surface area contributed by atoms with Crippen molar-refractivity contribution in [2.45, 2.75) is 6.54 Å². The molecule has 1 aromatic heterocycles. The second kappa shape index (κ2) is 7.95. The van der Waals surface area contributed by atoms with E-state index in [-0.39, 0.29) is 5.82 Å². The molecule has 0 aliphatic carbocycles. The number of halogens is 3. The zero-order valence-corrected chi connectivity index (χ0v) is 16.0. The van der Waals surface area contributed by atoms with Crippen LogP contribution in [-0.4, -0.2) is 14.9 Å². The van der Waals surface area contributed by atoms with Crippen molar-refractivity contribution < 1.29 is 4.39 Å². The number of hydrogen-bond acceptors (Lipinski definition) is 2. The van der Waals surface area contributed by atoms with Gasteiger partial charge in [0.05, 0.1) is 21.7 Å². The molecular formula is C17H13BrClFN4S. The summed E-state index contributed by atoms with van der Waals surface area (Å²) < 4.78 is 15.5. The molecule has 2 aromatic carbocycles. The summed E-state index contributed by atoms with van der Waals surface area (Å²) in [5.41, 5.74) is 1.66. The van der Waals surface area contributed by atoms with Gasteiger partial charge in [0.15, 0.2) is 10.9 Å². The number of benzene rings is 2. The highest BCUT2D eigenvalue weighted by atomic mass is 79.9. The van der Waals surface area contributed by atoms with Crippen LogP contribution in [0.4, 0.5) is 15.9 Å². The number of aromatic nitrogens is 2. The molecule has 3 aromatic rings. The van der Waals surface area contributed by atoms with Crippen molar-refractivity contribution >= 4 is 56.4 Å². The van der Waals surface area contributed by atoms with Crippen LogP contribution in [-0.2, 0) is 6.54 Å². The molecule has 2 N–H and O–H groups in total. The number of nitrogens with zero attached hydrogens (tertiary/aromatic N) is 2. The van der Waals surface area contributed by atoms with E-state index in [0.717, 1.165) is 10.0 Å². The molecule has 0 bridgehead atoms. The smallest absolute Gasteiger partial charge is 0.176 e. The molecule has 8 heteroatoms. The normalized spacial score (nSPS) is 10.5. The predicted molar refractivity (Wildman–Crippen MR) is 107 cm³/mol. The largest absolute Gasteiger partial charge is 0.331 e. The van der Waals surface area contributed by atoms with E-state index < -0.39 is 0 Å². The monoisotopic (exact) mass is 438 g/mol. The summed E-state index contributed by atoms with van der Waals surface area (Å²) in [7, 11) is 0. The quantitative estimate of drug-likeness (QED) is 0.542. The van der Waals surface area contributed by atoms with Gasteiger partial charge in [-0.2, -0.15) is 5.10 Å². The third-order valence-corrected chi connectivity index (χ3v) is 4.44. The van der Waals surface area contributed by atoms with Crippen LogP contribution in [0.5, 0.6) is 0 Å². The van der Waals surface area contributed by atoms with Gasteiger partial charge in [-0.3, -0.25) is 4.68 Å². The number of rotatable bonds is 4. The molecule has 0 spiro atoms. The van der Waals surface area contributed by atoms with Crippen molar-refractivity contribution in [3.05, 3.63) is 75.6 Å². The second-order valence-corrected chi connectivity index (χ2v) is 6.88. The molecule has 3 rings (SSSR count). The van der Waals surface area contributed by atoms with Gasteiger partial charge in [0.2, 0.25) is 0 Å². The van der Waals surface area contributed by atoms with Crippen LogP contribution in [0.25, 0.3) is 0 Å². The molecule has 0 aliphatic rings. The van der Waals surface area contributed by atoms with Crippen molar-refractivity contribution in [3.8, 4) is 0 Å². The average Bonchev–Trinajstić information content (AvgIpc) is 2.91. The van der Waals surface area contributed by atoms with Gasteiger partial charge in [-0.1, -0.05) is 35.9 Å². The maximum Gasteiger partial charge on any atom is 0.176 e. The molecule has 0 radical (unpaired) electrons. The van der Waals surface area contributed by atoms with Crippen LogP contribution in [0.2, 0.25) is 5.02 Å². The minimum atomic E-state index is -0.260. The van der Waals surface area contributed by atoms with Crippen LogP contribution < -0.4 is 10.6 Å². The van der Waals surface area contributed by atoms with E-state index in [9.17, 15) is 4.39 Å². The standard InChI is InChI=1S/C17H13BrClFN4S/c18-13-10-24(9-11-5-7-12(20)8-6-11)23-16(13)22-17(25)21-15-4-2-1-3-14(15)19/h1-8,10H,9H2,(H2,21,22,23,25). The first-order valence-corrected chi connectivity index (χ1v) is 8.89. The Balaban J connectivity index is 1.67. The van der Waals surface area contributed by atoms with Crippen molar-refractivity contribution in [2.75, 3.05) is 10.6 Å². The highest BCUT2D eigenvalue weighted by Crippen LogP contribution is 2.23. The molecule has 25 heavy (non-hydrogen) atoms. The highest BCUT2D eigenvalue weighted by Gasteiger charge is 2.10. The first kappa shape index (κ1) is 17.8. The van der Waals surface area contributed by atoms with E-state index in [2.05, 4.69) is 31.7 Å². The van der Waals surface area contributed by atoms with Crippen LogP contribution in [0, 0.1) is 5.82 Å². The molecule has 1 heterocycles. The van der Waals surface area contributed by atoms with Gasteiger partial charge >= 0.3 is 0 Å². The van der Waals surface area contributed by atoms with E-state index in [1.165, 1.54) is 12.1 Å². The lowest BCUT2D eigenvalue weighted by molar-refractivity contribution is 0.624. The molecular weight excluding hydrogens is 427 g/mol. The Hall–Kier alpha value is -1.96.